The van der Waals surface area contributed by atoms with Gasteiger partial charge in [-0.2, -0.15) is 0 Å². The van der Waals surface area contributed by atoms with Crippen LogP contribution in [-0.2, 0) is 0 Å². The monoisotopic (exact) mass is 701 g/mol. The number of benzene rings is 8. The molecule has 3 heteroatoms. The maximum Gasteiger partial charge on any atom is 0.160 e. The summed E-state index contributed by atoms with van der Waals surface area (Å²) in [5.74, 6) is 0.704. The van der Waals surface area contributed by atoms with Crippen molar-refractivity contribution < 1.29 is 0 Å². The second-order valence-electron chi connectivity index (χ2n) is 13.8. The van der Waals surface area contributed by atoms with E-state index in [4.69, 9.17) is 9.97 Å². The van der Waals surface area contributed by atoms with Crippen molar-refractivity contribution >= 4 is 21.8 Å². The Hall–Kier alpha value is -7.36. The molecule has 10 rings (SSSR count). The largest absolute Gasteiger partial charge is 0.309 e. The lowest BCUT2D eigenvalue weighted by Crippen LogP contribution is -1.97. The minimum atomic E-state index is 0.704. The first kappa shape index (κ1) is 32.3. The third-order valence-electron chi connectivity index (χ3n) is 10.4. The van der Waals surface area contributed by atoms with Crippen molar-refractivity contribution in [2.75, 3.05) is 0 Å². The van der Waals surface area contributed by atoms with Crippen LogP contribution in [0.15, 0.2) is 212 Å². The van der Waals surface area contributed by atoms with E-state index in [1.165, 1.54) is 55.2 Å². The van der Waals surface area contributed by atoms with Crippen molar-refractivity contribution in [1.29, 1.82) is 0 Å². The predicted molar refractivity (Wildman–Crippen MR) is 229 cm³/mol. The summed E-state index contributed by atoms with van der Waals surface area (Å²) in [4.78, 5) is 10.2. The molecular weight excluding hydrogens is 667 g/mol. The Bertz CT molecular complexity index is 2820. The Labute approximate surface area is 320 Å². The summed E-state index contributed by atoms with van der Waals surface area (Å²) in [7, 11) is 0. The standard InChI is InChI=1S/C52H35N3/c1-5-13-36(14-6-1)39-21-23-40(24-22-39)48-35-49(54-52(53-48)42-19-11-4-12-20-42)41-25-29-45(30-26-41)55-50-31-27-43(37-15-7-2-8-16-37)33-46(50)47-34-44(28-32-51(47)55)38-17-9-3-10-18-38/h1-35H. The fourth-order valence-corrected chi connectivity index (χ4v) is 7.63. The summed E-state index contributed by atoms with van der Waals surface area (Å²) in [6.07, 6.45) is 0. The van der Waals surface area contributed by atoms with Gasteiger partial charge in [-0.25, -0.2) is 9.97 Å². The molecule has 0 fully saturated rings. The van der Waals surface area contributed by atoms with Crippen molar-refractivity contribution in [3.63, 3.8) is 0 Å². The zero-order chi connectivity index (χ0) is 36.6. The Balaban J connectivity index is 1.08. The van der Waals surface area contributed by atoms with Crippen LogP contribution >= 0.6 is 0 Å². The van der Waals surface area contributed by atoms with Gasteiger partial charge in [-0.05, 0) is 75.8 Å². The third-order valence-corrected chi connectivity index (χ3v) is 10.4. The number of nitrogens with zero attached hydrogens (tertiary/aromatic N) is 3. The molecule has 0 N–H and O–H groups in total. The van der Waals surface area contributed by atoms with Gasteiger partial charge in [0.1, 0.15) is 0 Å². The molecule has 55 heavy (non-hydrogen) atoms. The lowest BCUT2D eigenvalue weighted by atomic mass is 10.0. The van der Waals surface area contributed by atoms with Crippen LogP contribution in [0.1, 0.15) is 0 Å². The Kier molecular flexibility index (Phi) is 8.16. The molecule has 0 spiro atoms. The minimum Gasteiger partial charge on any atom is -0.309 e. The summed E-state index contributed by atoms with van der Waals surface area (Å²) in [5, 5.41) is 2.45. The molecule has 0 amide bonds. The highest BCUT2D eigenvalue weighted by atomic mass is 15.0. The smallest absolute Gasteiger partial charge is 0.160 e. The highest BCUT2D eigenvalue weighted by Gasteiger charge is 2.16. The van der Waals surface area contributed by atoms with E-state index in [2.05, 4.69) is 193 Å². The molecule has 0 radical (unpaired) electrons. The molecule has 0 aliphatic heterocycles. The van der Waals surface area contributed by atoms with E-state index in [1.807, 2.05) is 24.3 Å². The summed E-state index contributed by atoms with van der Waals surface area (Å²) >= 11 is 0. The first-order valence-electron chi connectivity index (χ1n) is 18.7. The van der Waals surface area contributed by atoms with Crippen LogP contribution in [0.2, 0.25) is 0 Å². The van der Waals surface area contributed by atoms with Gasteiger partial charge in [0.15, 0.2) is 5.82 Å². The van der Waals surface area contributed by atoms with E-state index in [0.717, 1.165) is 33.8 Å². The summed E-state index contributed by atoms with van der Waals surface area (Å²) < 4.78 is 2.38. The van der Waals surface area contributed by atoms with Crippen LogP contribution in [0.3, 0.4) is 0 Å². The molecule has 0 saturated heterocycles. The van der Waals surface area contributed by atoms with Gasteiger partial charge in [0.05, 0.1) is 22.4 Å². The fraction of sp³-hybridized carbons (Fsp3) is 0. The molecule has 3 nitrogen and oxygen atoms in total. The highest BCUT2D eigenvalue weighted by Crippen LogP contribution is 2.38. The molecule has 0 atom stereocenters. The van der Waals surface area contributed by atoms with Crippen molar-refractivity contribution in [2.45, 2.75) is 0 Å². The van der Waals surface area contributed by atoms with Crippen molar-refractivity contribution in [3.8, 4) is 73.0 Å². The van der Waals surface area contributed by atoms with Crippen molar-refractivity contribution in [1.82, 2.24) is 14.5 Å². The van der Waals surface area contributed by atoms with Gasteiger partial charge < -0.3 is 4.57 Å². The van der Waals surface area contributed by atoms with Crippen LogP contribution in [0.4, 0.5) is 0 Å². The van der Waals surface area contributed by atoms with E-state index in [-0.39, 0.29) is 0 Å². The van der Waals surface area contributed by atoms with E-state index in [1.54, 1.807) is 0 Å². The number of hydrogen-bond acceptors (Lipinski definition) is 2. The molecule has 0 saturated carbocycles. The number of aromatic nitrogens is 3. The second-order valence-corrected chi connectivity index (χ2v) is 13.8. The zero-order valence-electron chi connectivity index (χ0n) is 30.0. The maximum atomic E-state index is 5.12. The molecule has 0 bridgehead atoms. The zero-order valence-corrected chi connectivity index (χ0v) is 30.0. The predicted octanol–water partition coefficient (Wildman–Crippen LogP) is 13.6. The Morgan fingerprint density at radius 1 is 0.273 bits per heavy atom. The number of rotatable bonds is 7. The molecule has 0 unspecified atom stereocenters. The Morgan fingerprint density at radius 2 is 0.618 bits per heavy atom. The summed E-state index contributed by atoms with van der Waals surface area (Å²) in [6.45, 7) is 0. The Morgan fingerprint density at radius 3 is 1.07 bits per heavy atom. The van der Waals surface area contributed by atoms with Crippen molar-refractivity contribution in [3.05, 3.63) is 212 Å². The van der Waals surface area contributed by atoms with Crippen LogP contribution in [0, 0.1) is 0 Å². The van der Waals surface area contributed by atoms with Gasteiger partial charge >= 0.3 is 0 Å². The first-order chi connectivity index (χ1) is 27.2. The molecule has 0 aliphatic carbocycles. The lowest BCUT2D eigenvalue weighted by Gasteiger charge is -2.12. The van der Waals surface area contributed by atoms with E-state index in [0.29, 0.717) is 5.82 Å². The number of hydrogen-bond donors (Lipinski definition) is 0. The molecule has 2 heterocycles. The molecular formula is C52H35N3. The van der Waals surface area contributed by atoms with Gasteiger partial charge in [-0.15, -0.1) is 0 Å². The van der Waals surface area contributed by atoms with Crippen LogP contribution in [-0.4, -0.2) is 14.5 Å². The molecule has 10 aromatic rings. The minimum absolute atomic E-state index is 0.704. The van der Waals surface area contributed by atoms with E-state index in [9.17, 15) is 0 Å². The average molecular weight is 702 g/mol. The average Bonchev–Trinajstić information content (AvgIpc) is 3.60. The topological polar surface area (TPSA) is 30.7 Å². The highest BCUT2D eigenvalue weighted by molar-refractivity contribution is 6.11. The van der Waals surface area contributed by atoms with Crippen LogP contribution in [0.5, 0.6) is 0 Å². The van der Waals surface area contributed by atoms with Gasteiger partial charge in [-0.1, -0.05) is 170 Å². The van der Waals surface area contributed by atoms with Gasteiger partial charge in [-0.3, -0.25) is 0 Å². The number of fused-ring (bicyclic) bond motifs is 3. The van der Waals surface area contributed by atoms with E-state index >= 15 is 0 Å². The molecule has 8 aromatic carbocycles. The summed E-state index contributed by atoms with van der Waals surface area (Å²) in [5.41, 5.74) is 15.5. The second kappa shape index (κ2) is 13.9. The maximum absolute atomic E-state index is 5.12. The van der Waals surface area contributed by atoms with Gasteiger partial charge in [0.2, 0.25) is 0 Å². The molecule has 2 aromatic heterocycles. The van der Waals surface area contributed by atoms with Gasteiger partial charge in [0, 0.05) is 33.2 Å². The van der Waals surface area contributed by atoms with Gasteiger partial charge in [0.25, 0.3) is 0 Å². The first-order valence-corrected chi connectivity index (χ1v) is 18.7. The third kappa shape index (κ3) is 6.18. The quantitative estimate of drug-likeness (QED) is 0.166. The summed E-state index contributed by atoms with van der Waals surface area (Å²) in [6, 6.07) is 75.1. The fourth-order valence-electron chi connectivity index (χ4n) is 7.63. The SMILES string of the molecule is c1ccc(-c2ccc(-c3cc(-c4ccc(-n5c6ccc(-c7ccccc7)cc6c6cc(-c7ccccc7)ccc65)cc4)nc(-c4ccccc4)n3)cc2)cc1. The lowest BCUT2D eigenvalue weighted by molar-refractivity contribution is 1.17. The molecule has 258 valence electrons. The molecule has 0 aliphatic rings. The van der Waals surface area contributed by atoms with Crippen LogP contribution in [0.25, 0.3) is 94.8 Å². The van der Waals surface area contributed by atoms with E-state index < -0.39 is 0 Å². The van der Waals surface area contributed by atoms with Crippen LogP contribution < -0.4 is 0 Å². The van der Waals surface area contributed by atoms with Crippen molar-refractivity contribution in [2.24, 2.45) is 0 Å². The normalized spacial score (nSPS) is 11.3.